The number of hydrogen-bond acceptors (Lipinski definition) is 4. The fourth-order valence-corrected chi connectivity index (χ4v) is 1.57. The van der Waals surface area contributed by atoms with Crippen molar-refractivity contribution in [2.24, 2.45) is 5.73 Å². The Morgan fingerprint density at radius 2 is 2.26 bits per heavy atom. The molecule has 1 atom stereocenters. The quantitative estimate of drug-likeness (QED) is 0.679. The van der Waals surface area contributed by atoms with Gasteiger partial charge in [0, 0.05) is 24.5 Å². The van der Waals surface area contributed by atoms with Gasteiger partial charge in [-0.3, -0.25) is 14.6 Å². The molecule has 2 amide bonds. The minimum absolute atomic E-state index is 0.235. The lowest BCUT2D eigenvalue weighted by Crippen LogP contribution is -2.46. The monoisotopic (exact) mass is 259 g/mol. The van der Waals surface area contributed by atoms with Gasteiger partial charge in [-0.15, -0.1) is 0 Å². The summed E-state index contributed by atoms with van der Waals surface area (Å²) in [7, 11) is 0. The first-order valence-corrected chi connectivity index (χ1v) is 5.65. The molecular formula is C12H13N5O2. The number of primary amides is 1. The summed E-state index contributed by atoms with van der Waals surface area (Å²) in [5, 5.41) is 2.55. The number of nitrogens with two attached hydrogens (primary N) is 1. The number of carbonyl (C=O) groups is 2. The summed E-state index contributed by atoms with van der Waals surface area (Å²) in [6.45, 7) is 0. The summed E-state index contributed by atoms with van der Waals surface area (Å²) in [6.07, 6.45) is 4.83. The van der Waals surface area contributed by atoms with E-state index >= 15 is 0 Å². The Labute approximate surface area is 109 Å². The molecular weight excluding hydrogens is 246 g/mol. The Morgan fingerprint density at radius 1 is 1.42 bits per heavy atom. The van der Waals surface area contributed by atoms with Crippen LogP contribution < -0.4 is 11.1 Å². The molecule has 0 spiro atoms. The van der Waals surface area contributed by atoms with E-state index in [2.05, 4.69) is 20.3 Å². The molecule has 2 aromatic rings. The van der Waals surface area contributed by atoms with Crippen molar-refractivity contribution in [3.8, 4) is 0 Å². The van der Waals surface area contributed by atoms with Gasteiger partial charge in [-0.25, -0.2) is 4.98 Å². The maximum atomic E-state index is 11.9. The average molecular weight is 259 g/mol. The number of aromatic nitrogens is 3. The molecule has 98 valence electrons. The van der Waals surface area contributed by atoms with E-state index in [9.17, 15) is 9.59 Å². The van der Waals surface area contributed by atoms with Crippen LogP contribution in [-0.4, -0.2) is 32.8 Å². The molecule has 7 nitrogen and oxygen atoms in total. The highest BCUT2D eigenvalue weighted by atomic mass is 16.2. The van der Waals surface area contributed by atoms with Crippen LogP contribution in [0.3, 0.4) is 0 Å². The van der Waals surface area contributed by atoms with Crippen LogP contribution in [0.5, 0.6) is 0 Å². The number of nitrogens with zero attached hydrogens (tertiary/aromatic N) is 2. The lowest BCUT2D eigenvalue weighted by Gasteiger charge is -2.14. The molecule has 0 bridgehead atoms. The number of amides is 2. The van der Waals surface area contributed by atoms with Gasteiger partial charge in [0.05, 0.1) is 6.33 Å². The Hall–Kier alpha value is -2.70. The minimum atomic E-state index is -0.810. The summed E-state index contributed by atoms with van der Waals surface area (Å²) >= 11 is 0. The standard InChI is InChI=1S/C12H13N5O2/c13-11(18)10(5-8-6-14-7-16-8)17-12(19)9-3-1-2-4-15-9/h1-4,6-7,10H,5H2,(H2,13,18)(H,14,16)(H,17,19)/t10-/m0/s1. The maximum absolute atomic E-state index is 11.9. The zero-order valence-corrected chi connectivity index (χ0v) is 10.0. The highest BCUT2D eigenvalue weighted by molar-refractivity contribution is 5.95. The average Bonchev–Trinajstić information content (AvgIpc) is 2.91. The number of aromatic amines is 1. The number of hydrogen-bond donors (Lipinski definition) is 3. The number of rotatable bonds is 5. The second-order valence-corrected chi connectivity index (χ2v) is 3.92. The lowest BCUT2D eigenvalue weighted by molar-refractivity contribution is -0.119. The summed E-state index contributed by atoms with van der Waals surface area (Å²) < 4.78 is 0. The smallest absolute Gasteiger partial charge is 0.270 e. The first kappa shape index (κ1) is 12.7. The SMILES string of the molecule is NC(=O)[C@H](Cc1cnc[nH]1)NC(=O)c1ccccn1. The van der Waals surface area contributed by atoms with Crippen molar-refractivity contribution in [2.45, 2.75) is 12.5 Å². The molecule has 0 saturated carbocycles. The van der Waals surface area contributed by atoms with E-state index in [1.807, 2.05) is 0 Å². The van der Waals surface area contributed by atoms with Crippen molar-refractivity contribution in [1.29, 1.82) is 0 Å². The van der Waals surface area contributed by atoms with Crippen molar-refractivity contribution in [3.63, 3.8) is 0 Å². The molecule has 19 heavy (non-hydrogen) atoms. The van der Waals surface area contributed by atoms with Crippen LogP contribution in [0.2, 0.25) is 0 Å². The molecule has 0 radical (unpaired) electrons. The fourth-order valence-electron chi connectivity index (χ4n) is 1.57. The van der Waals surface area contributed by atoms with Crippen LogP contribution in [0.4, 0.5) is 0 Å². The molecule has 2 aromatic heterocycles. The molecule has 2 rings (SSSR count). The third-order valence-corrected chi connectivity index (χ3v) is 2.53. The lowest BCUT2D eigenvalue weighted by atomic mass is 10.1. The Kier molecular flexibility index (Phi) is 3.87. The Morgan fingerprint density at radius 3 is 2.84 bits per heavy atom. The molecule has 0 aliphatic carbocycles. The molecule has 0 fully saturated rings. The summed E-state index contributed by atoms with van der Waals surface area (Å²) in [4.78, 5) is 33.8. The predicted octanol–water partition coefficient (Wildman–Crippen LogP) is -0.369. The third-order valence-electron chi connectivity index (χ3n) is 2.53. The molecule has 0 saturated heterocycles. The minimum Gasteiger partial charge on any atom is -0.368 e. The summed E-state index contributed by atoms with van der Waals surface area (Å²) in [5.74, 6) is -1.05. The zero-order valence-electron chi connectivity index (χ0n) is 10.0. The van der Waals surface area contributed by atoms with Gasteiger partial charge in [0.2, 0.25) is 5.91 Å². The van der Waals surface area contributed by atoms with Crippen LogP contribution in [0.15, 0.2) is 36.9 Å². The molecule has 0 aromatic carbocycles. The number of imidazole rings is 1. The first-order chi connectivity index (χ1) is 9.16. The van der Waals surface area contributed by atoms with Gasteiger partial charge in [0.1, 0.15) is 11.7 Å². The van der Waals surface area contributed by atoms with E-state index in [1.54, 1.807) is 24.4 Å². The van der Waals surface area contributed by atoms with E-state index in [4.69, 9.17) is 5.73 Å². The molecule has 4 N–H and O–H groups in total. The van der Waals surface area contributed by atoms with E-state index in [0.717, 1.165) is 0 Å². The van der Waals surface area contributed by atoms with Gasteiger partial charge in [0.15, 0.2) is 0 Å². The fraction of sp³-hybridized carbons (Fsp3) is 0.167. The first-order valence-electron chi connectivity index (χ1n) is 5.65. The van der Waals surface area contributed by atoms with Crippen molar-refractivity contribution >= 4 is 11.8 Å². The normalized spacial score (nSPS) is 11.8. The van der Waals surface area contributed by atoms with Crippen LogP contribution >= 0.6 is 0 Å². The summed E-state index contributed by atoms with van der Waals surface area (Å²) in [6, 6.07) is 4.14. The highest BCUT2D eigenvalue weighted by Gasteiger charge is 2.20. The molecule has 0 aliphatic heterocycles. The van der Waals surface area contributed by atoms with Gasteiger partial charge in [0.25, 0.3) is 5.91 Å². The molecule has 0 aliphatic rings. The maximum Gasteiger partial charge on any atom is 0.270 e. The topological polar surface area (TPSA) is 114 Å². The second-order valence-electron chi connectivity index (χ2n) is 3.92. The van der Waals surface area contributed by atoms with Gasteiger partial charge in [-0.1, -0.05) is 6.07 Å². The van der Waals surface area contributed by atoms with Crippen LogP contribution in [0, 0.1) is 0 Å². The second kappa shape index (κ2) is 5.76. The number of nitrogens with one attached hydrogen (secondary N) is 2. The van der Waals surface area contributed by atoms with Gasteiger partial charge >= 0.3 is 0 Å². The molecule has 7 heteroatoms. The van der Waals surface area contributed by atoms with Crippen LogP contribution in [-0.2, 0) is 11.2 Å². The zero-order chi connectivity index (χ0) is 13.7. The van der Waals surface area contributed by atoms with Crippen molar-refractivity contribution in [3.05, 3.63) is 48.3 Å². The predicted molar refractivity (Wildman–Crippen MR) is 67.0 cm³/mol. The van der Waals surface area contributed by atoms with E-state index in [1.165, 1.54) is 12.5 Å². The van der Waals surface area contributed by atoms with E-state index in [0.29, 0.717) is 5.69 Å². The highest BCUT2D eigenvalue weighted by Crippen LogP contribution is 2.00. The third kappa shape index (κ3) is 3.38. The van der Waals surface area contributed by atoms with Gasteiger partial charge in [-0.2, -0.15) is 0 Å². The van der Waals surface area contributed by atoms with Crippen molar-refractivity contribution in [1.82, 2.24) is 20.3 Å². The van der Waals surface area contributed by atoms with Crippen molar-refractivity contribution < 1.29 is 9.59 Å². The number of pyridine rings is 1. The Balaban J connectivity index is 2.05. The number of carbonyl (C=O) groups excluding carboxylic acids is 2. The largest absolute Gasteiger partial charge is 0.368 e. The van der Waals surface area contributed by atoms with Crippen molar-refractivity contribution in [2.75, 3.05) is 0 Å². The van der Waals surface area contributed by atoms with Crippen LogP contribution in [0.1, 0.15) is 16.2 Å². The Bertz CT molecular complexity index is 553. The van der Waals surface area contributed by atoms with Gasteiger partial charge in [-0.05, 0) is 12.1 Å². The van der Waals surface area contributed by atoms with Crippen LogP contribution in [0.25, 0.3) is 0 Å². The number of H-pyrrole nitrogens is 1. The van der Waals surface area contributed by atoms with E-state index in [-0.39, 0.29) is 12.1 Å². The van der Waals surface area contributed by atoms with E-state index < -0.39 is 17.9 Å². The summed E-state index contributed by atoms with van der Waals surface area (Å²) in [5.41, 5.74) is 6.22. The molecule has 0 unspecified atom stereocenters. The van der Waals surface area contributed by atoms with Gasteiger partial charge < -0.3 is 16.0 Å². The molecule has 2 heterocycles.